The standard InChI is InChI=1S/C14H15N5S/c15-8-10-4-6-17-13(7-10)19-14-18-12(9-20-14)11-3-1-2-5-16-11/h4,6-7,9,11,16H,1-3,5H2,(H,17,18,19). The first-order valence-corrected chi connectivity index (χ1v) is 7.55. The third-order valence-electron chi connectivity index (χ3n) is 3.31. The van der Waals surface area contributed by atoms with Crippen LogP contribution in [-0.4, -0.2) is 16.5 Å². The zero-order chi connectivity index (χ0) is 13.8. The first kappa shape index (κ1) is 13.0. The van der Waals surface area contributed by atoms with E-state index in [1.807, 2.05) is 0 Å². The van der Waals surface area contributed by atoms with E-state index in [-0.39, 0.29) is 0 Å². The molecular weight excluding hydrogens is 270 g/mol. The number of rotatable bonds is 3. The summed E-state index contributed by atoms with van der Waals surface area (Å²) in [5.74, 6) is 0.654. The zero-order valence-corrected chi connectivity index (χ0v) is 11.8. The summed E-state index contributed by atoms with van der Waals surface area (Å²) in [5, 5.41) is 18.4. The Morgan fingerprint density at radius 3 is 3.20 bits per heavy atom. The minimum atomic E-state index is 0.369. The lowest BCUT2D eigenvalue weighted by atomic mass is 10.0. The van der Waals surface area contributed by atoms with Crippen molar-refractivity contribution in [1.29, 1.82) is 5.26 Å². The highest BCUT2D eigenvalue weighted by atomic mass is 32.1. The van der Waals surface area contributed by atoms with Gasteiger partial charge in [0.2, 0.25) is 0 Å². The van der Waals surface area contributed by atoms with E-state index >= 15 is 0 Å². The Bertz CT molecular complexity index is 624. The zero-order valence-electron chi connectivity index (χ0n) is 11.0. The molecule has 5 nitrogen and oxygen atoms in total. The molecule has 6 heteroatoms. The van der Waals surface area contributed by atoms with E-state index < -0.39 is 0 Å². The molecule has 0 spiro atoms. The van der Waals surface area contributed by atoms with Gasteiger partial charge in [0.15, 0.2) is 5.13 Å². The molecule has 1 fully saturated rings. The minimum Gasteiger partial charge on any atom is -0.316 e. The monoisotopic (exact) mass is 285 g/mol. The van der Waals surface area contributed by atoms with Crippen LogP contribution in [0, 0.1) is 11.3 Å². The Labute approximate surface area is 121 Å². The first-order valence-electron chi connectivity index (χ1n) is 6.67. The van der Waals surface area contributed by atoms with Crippen LogP contribution < -0.4 is 10.6 Å². The van der Waals surface area contributed by atoms with Crippen molar-refractivity contribution in [2.45, 2.75) is 25.3 Å². The van der Waals surface area contributed by atoms with Gasteiger partial charge in [0, 0.05) is 11.6 Å². The van der Waals surface area contributed by atoms with Crippen LogP contribution in [-0.2, 0) is 0 Å². The predicted molar refractivity (Wildman–Crippen MR) is 78.9 cm³/mol. The average molecular weight is 285 g/mol. The van der Waals surface area contributed by atoms with Crippen molar-refractivity contribution in [3.8, 4) is 6.07 Å². The molecule has 0 saturated carbocycles. The molecule has 0 amide bonds. The van der Waals surface area contributed by atoms with Gasteiger partial charge in [0.05, 0.1) is 23.4 Å². The fourth-order valence-electron chi connectivity index (χ4n) is 2.29. The van der Waals surface area contributed by atoms with E-state index in [2.05, 4.69) is 32.1 Å². The highest BCUT2D eigenvalue weighted by molar-refractivity contribution is 7.13. The Balaban J connectivity index is 1.71. The van der Waals surface area contributed by atoms with Gasteiger partial charge in [-0.2, -0.15) is 5.26 Å². The summed E-state index contributed by atoms with van der Waals surface area (Å²) in [4.78, 5) is 8.80. The number of hydrogen-bond donors (Lipinski definition) is 2. The van der Waals surface area contributed by atoms with Crippen LogP contribution in [0.3, 0.4) is 0 Å². The largest absolute Gasteiger partial charge is 0.316 e. The van der Waals surface area contributed by atoms with Crippen LogP contribution in [0.5, 0.6) is 0 Å². The van der Waals surface area contributed by atoms with Gasteiger partial charge in [-0.25, -0.2) is 9.97 Å². The second-order valence-electron chi connectivity index (χ2n) is 4.75. The van der Waals surface area contributed by atoms with Gasteiger partial charge in [-0.05, 0) is 31.5 Å². The van der Waals surface area contributed by atoms with Crippen LogP contribution in [0.2, 0.25) is 0 Å². The number of piperidine rings is 1. The molecule has 20 heavy (non-hydrogen) atoms. The normalized spacial score (nSPS) is 18.4. The molecule has 0 aliphatic carbocycles. The maximum atomic E-state index is 8.88. The summed E-state index contributed by atoms with van der Waals surface area (Å²) in [5.41, 5.74) is 1.68. The van der Waals surface area contributed by atoms with Crippen LogP contribution in [0.25, 0.3) is 0 Å². The summed E-state index contributed by atoms with van der Waals surface area (Å²) in [7, 11) is 0. The molecule has 1 atom stereocenters. The maximum absolute atomic E-state index is 8.88. The van der Waals surface area contributed by atoms with E-state index in [9.17, 15) is 0 Å². The van der Waals surface area contributed by atoms with Gasteiger partial charge in [0.1, 0.15) is 5.82 Å². The van der Waals surface area contributed by atoms with Gasteiger partial charge in [-0.1, -0.05) is 6.42 Å². The Morgan fingerprint density at radius 1 is 1.45 bits per heavy atom. The Morgan fingerprint density at radius 2 is 2.40 bits per heavy atom. The third kappa shape index (κ3) is 2.95. The Kier molecular flexibility index (Phi) is 3.90. The van der Waals surface area contributed by atoms with Crippen LogP contribution in [0.4, 0.5) is 10.9 Å². The fraction of sp³-hybridized carbons (Fsp3) is 0.357. The van der Waals surface area contributed by atoms with E-state index in [4.69, 9.17) is 5.26 Å². The predicted octanol–water partition coefficient (Wildman–Crippen LogP) is 2.97. The number of nitrogens with zero attached hydrogens (tertiary/aromatic N) is 3. The van der Waals surface area contributed by atoms with Crippen molar-refractivity contribution < 1.29 is 0 Å². The SMILES string of the molecule is N#Cc1ccnc(Nc2nc(C3CCCCN3)cs2)c1. The molecule has 2 N–H and O–H groups in total. The molecule has 2 aromatic rings. The van der Waals surface area contributed by atoms with Crippen LogP contribution in [0.15, 0.2) is 23.7 Å². The smallest absolute Gasteiger partial charge is 0.188 e. The summed E-state index contributed by atoms with van der Waals surface area (Å²) in [6, 6.07) is 5.88. The van der Waals surface area contributed by atoms with Crippen molar-refractivity contribution in [2.75, 3.05) is 11.9 Å². The Hall–Kier alpha value is -1.97. The molecule has 0 aromatic carbocycles. The number of nitrogens with one attached hydrogen (secondary N) is 2. The lowest BCUT2D eigenvalue weighted by molar-refractivity contribution is 0.407. The lowest BCUT2D eigenvalue weighted by Gasteiger charge is -2.21. The van der Waals surface area contributed by atoms with Gasteiger partial charge in [0.25, 0.3) is 0 Å². The second-order valence-corrected chi connectivity index (χ2v) is 5.60. The van der Waals surface area contributed by atoms with Gasteiger partial charge in [-0.15, -0.1) is 11.3 Å². The summed E-state index contributed by atoms with van der Waals surface area (Å²) < 4.78 is 0. The molecular formula is C14H15N5S. The second kappa shape index (κ2) is 5.99. The van der Waals surface area contributed by atoms with Gasteiger partial charge >= 0.3 is 0 Å². The van der Waals surface area contributed by atoms with Crippen molar-refractivity contribution >= 4 is 22.3 Å². The number of pyridine rings is 1. The minimum absolute atomic E-state index is 0.369. The lowest BCUT2D eigenvalue weighted by Crippen LogP contribution is -2.26. The average Bonchev–Trinajstić information content (AvgIpc) is 2.97. The van der Waals surface area contributed by atoms with E-state index in [1.54, 1.807) is 29.7 Å². The number of thiazole rings is 1. The highest BCUT2D eigenvalue weighted by Gasteiger charge is 2.17. The highest BCUT2D eigenvalue weighted by Crippen LogP contribution is 2.27. The molecule has 1 aliphatic heterocycles. The van der Waals surface area contributed by atoms with Crippen molar-refractivity contribution in [1.82, 2.24) is 15.3 Å². The molecule has 3 rings (SSSR count). The van der Waals surface area contributed by atoms with Crippen molar-refractivity contribution in [3.05, 3.63) is 35.0 Å². The van der Waals surface area contributed by atoms with E-state index in [0.717, 1.165) is 23.8 Å². The molecule has 1 aliphatic rings. The topological polar surface area (TPSA) is 73.6 Å². The molecule has 0 radical (unpaired) electrons. The van der Waals surface area contributed by atoms with E-state index in [0.29, 0.717) is 17.4 Å². The van der Waals surface area contributed by atoms with Crippen molar-refractivity contribution in [3.63, 3.8) is 0 Å². The molecule has 1 unspecified atom stereocenters. The summed E-state index contributed by atoms with van der Waals surface area (Å²) >= 11 is 1.57. The van der Waals surface area contributed by atoms with Crippen LogP contribution >= 0.6 is 11.3 Å². The summed E-state index contributed by atoms with van der Waals surface area (Å²) in [6.45, 7) is 1.07. The molecule has 3 heterocycles. The number of hydrogen-bond acceptors (Lipinski definition) is 6. The molecule has 0 bridgehead atoms. The number of anilines is 2. The fourth-order valence-corrected chi connectivity index (χ4v) is 3.06. The van der Waals surface area contributed by atoms with Crippen molar-refractivity contribution in [2.24, 2.45) is 0 Å². The molecule has 2 aromatic heterocycles. The van der Waals surface area contributed by atoms with Gasteiger partial charge < -0.3 is 10.6 Å². The molecule has 102 valence electrons. The summed E-state index contributed by atoms with van der Waals surface area (Å²) in [6.07, 6.45) is 5.27. The van der Waals surface area contributed by atoms with Crippen LogP contribution in [0.1, 0.15) is 36.6 Å². The maximum Gasteiger partial charge on any atom is 0.188 e. The third-order valence-corrected chi connectivity index (χ3v) is 4.09. The first-order chi connectivity index (χ1) is 9.85. The van der Waals surface area contributed by atoms with E-state index in [1.165, 1.54) is 12.8 Å². The number of nitriles is 1. The number of aromatic nitrogens is 2. The van der Waals surface area contributed by atoms with Gasteiger partial charge in [-0.3, -0.25) is 0 Å². The molecule has 1 saturated heterocycles. The quantitative estimate of drug-likeness (QED) is 0.907.